The molecule has 0 aliphatic heterocycles. The predicted octanol–water partition coefficient (Wildman–Crippen LogP) is 14.9. The Morgan fingerprint density at radius 1 is 0.361 bits per heavy atom. The number of ether oxygens (including phenoxy) is 3. The van der Waals surface area contributed by atoms with E-state index in [1.54, 1.807) is 6.08 Å². The highest BCUT2D eigenvalue weighted by molar-refractivity contribution is 5.72. The van der Waals surface area contributed by atoms with Crippen molar-refractivity contribution in [2.24, 2.45) is 0 Å². The summed E-state index contributed by atoms with van der Waals surface area (Å²) in [5, 5.41) is 0. The van der Waals surface area contributed by atoms with E-state index in [9.17, 15) is 14.4 Å². The maximum absolute atomic E-state index is 12.7. The van der Waals surface area contributed by atoms with E-state index in [1.807, 2.05) is 66.8 Å². The van der Waals surface area contributed by atoms with Crippen molar-refractivity contribution in [3.05, 3.63) is 170 Å². The molecule has 0 saturated heterocycles. The first-order valence-electron chi connectivity index (χ1n) is 22.7. The van der Waals surface area contributed by atoms with Crippen LogP contribution in [-0.2, 0) is 28.6 Å². The van der Waals surface area contributed by atoms with E-state index in [0.717, 1.165) is 83.5 Å². The van der Waals surface area contributed by atoms with Crippen molar-refractivity contribution in [2.75, 3.05) is 13.2 Å². The Morgan fingerprint density at radius 2 is 0.770 bits per heavy atom. The van der Waals surface area contributed by atoms with Crippen LogP contribution < -0.4 is 0 Å². The van der Waals surface area contributed by atoms with Crippen molar-refractivity contribution in [1.29, 1.82) is 0 Å². The van der Waals surface area contributed by atoms with Crippen molar-refractivity contribution in [1.82, 2.24) is 0 Å². The molecule has 0 aliphatic carbocycles. The maximum atomic E-state index is 12.7. The van der Waals surface area contributed by atoms with E-state index in [4.69, 9.17) is 14.2 Å². The summed E-state index contributed by atoms with van der Waals surface area (Å²) in [6, 6.07) is 0. The van der Waals surface area contributed by atoms with E-state index in [-0.39, 0.29) is 32.5 Å². The molecule has 334 valence electrons. The maximum Gasteiger partial charge on any atom is 0.309 e. The molecule has 0 fully saturated rings. The number of esters is 3. The zero-order valence-electron chi connectivity index (χ0n) is 37.8. The molecule has 0 radical (unpaired) electrons. The quantitative estimate of drug-likeness (QED) is 0.0204. The lowest BCUT2D eigenvalue weighted by molar-refractivity contribution is -0.166. The van der Waals surface area contributed by atoms with Gasteiger partial charge in [0.2, 0.25) is 0 Å². The Morgan fingerprint density at radius 3 is 1.26 bits per heavy atom. The van der Waals surface area contributed by atoms with Crippen molar-refractivity contribution >= 4 is 17.9 Å². The van der Waals surface area contributed by atoms with E-state index >= 15 is 0 Å². The predicted molar refractivity (Wildman–Crippen MR) is 260 cm³/mol. The fraction of sp³-hybridized carbons (Fsp3) is 0.436. The molecule has 61 heavy (non-hydrogen) atoms. The summed E-state index contributed by atoms with van der Waals surface area (Å²) in [6.45, 7) is 6.00. The molecule has 0 aromatic heterocycles. The molecule has 0 spiro atoms. The summed E-state index contributed by atoms with van der Waals surface area (Å²) in [7, 11) is 0. The topological polar surface area (TPSA) is 78.9 Å². The van der Waals surface area contributed by atoms with Gasteiger partial charge in [0.1, 0.15) is 13.2 Å². The van der Waals surface area contributed by atoms with Crippen LogP contribution in [0.4, 0.5) is 0 Å². The highest BCUT2D eigenvalue weighted by atomic mass is 16.6. The minimum Gasteiger partial charge on any atom is -0.462 e. The van der Waals surface area contributed by atoms with Gasteiger partial charge in [-0.05, 0) is 89.9 Å². The lowest BCUT2D eigenvalue weighted by atomic mass is 10.1. The first-order valence-corrected chi connectivity index (χ1v) is 22.7. The second kappa shape index (κ2) is 47.4. The van der Waals surface area contributed by atoms with Gasteiger partial charge in [0, 0.05) is 12.8 Å². The number of unbranched alkanes of at least 4 members (excludes halogenated alkanes) is 3. The number of hydrogen-bond donors (Lipinski definition) is 0. The van der Waals surface area contributed by atoms with Crippen LogP contribution in [0.2, 0.25) is 0 Å². The van der Waals surface area contributed by atoms with Crippen LogP contribution in [0, 0.1) is 0 Å². The van der Waals surface area contributed by atoms with Crippen LogP contribution in [0.15, 0.2) is 170 Å². The molecule has 0 saturated carbocycles. The van der Waals surface area contributed by atoms with Crippen molar-refractivity contribution < 1.29 is 28.6 Å². The molecule has 0 amide bonds. The molecule has 1 unspecified atom stereocenters. The Kier molecular flexibility index (Phi) is 43.4. The first kappa shape index (κ1) is 55.8. The lowest BCUT2D eigenvalue weighted by Gasteiger charge is -2.18. The molecule has 6 heteroatoms. The summed E-state index contributed by atoms with van der Waals surface area (Å²) in [5.74, 6) is -1.24. The van der Waals surface area contributed by atoms with Gasteiger partial charge in [0.05, 0.1) is 6.42 Å². The highest BCUT2D eigenvalue weighted by Crippen LogP contribution is 2.09. The number of carbonyl (C=O) groups is 3. The average Bonchev–Trinajstić information content (AvgIpc) is 3.26. The minimum atomic E-state index is -0.874. The molecule has 0 aromatic rings. The lowest BCUT2D eigenvalue weighted by Crippen LogP contribution is -2.30. The van der Waals surface area contributed by atoms with Crippen molar-refractivity contribution in [2.45, 2.75) is 142 Å². The minimum absolute atomic E-state index is 0.102. The van der Waals surface area contributed by atoms with E-state index in [0.29, 0.717) is 12.8 Å². The van der Waals surface area contributed by atoms with Crippen LogP contribution in [0.5, 0.6) is 0 Å². The van der Waals surface area contributed by atoms with Gasteiger partial charge in [-0.25, -0.2) is 0 Å². The normalized spacial score (nSPS) is 13.7. The summed E-state index contributed by atoms with van der Waals surface area (Å²) in [4.78, 5) is 37.6. The number of carbonyl (C=O) groups excluding carboxylic acids is 3. The number of allylic oxidation sites excluding steroid dienone is 27. The molecular weight excluding hydrogens is 757 g/mol. The highest BCUT2D eigenvalue weighted by Gasteiger charge is 2.19. The molecule has 0 rings (SSSR count). The largest absolute Gasteiger partial charge is 0.462 e. The molecule has 1 atom stereocenters. The van der Waals surface area contributed by atoms with E-state index in [1.165, 1.54) is 0 Å². The van der Waals surface area contributed by atoms with Gasteiger partial charge in [-0.3, -0.25) is 14.4 Å². The van der Waals surface area contributed by atoms with Crippen molar-refractivity contribution in [3.8, 4) is 0 Å². The van der Waals surface area contributed by atoms with Crippen molar-refractivity contribution in [3.63, 3.8) is 0 Å². The third kappa shape index (κ3) is 45.7. The Balaban J connectivity index is 4.66. The SMILES string of the molecule is CC\C=C/C=C\C=C/C=C\C=C/CCCCCC(=O)OC(COC(=O)C/C=C\C/C=C\C/C=C\CC)COC(=O)CC/C=C\C/C=C\C/C=C\C/C=C\C/C=C\C/C=C\CC. The first-order chi connectivity index (χ1) is 30.0. The molecular formula is C55H78O6. The molecule has 0 heterocycles. The van der Waals surface area contributed by atoms with Gasteiger partial charge < -0.3 is 14.2 Å². The van der Waals surface area contributed by atoms with Crippen LogP contribution in [0.3, 0.4) is 0 Å². The average molecular weight is 835 g/mol. The number of rotatable bonds is 37. The van der Waals surface area contributed by atoms with Crippen LogP contribution in [0.25, 0.3) is 0 Å². The van der Waals surface area contributed by atoms with Crippen LogP contribution in [0.1, 0.15) is 136 Å². The summed E-state index contributed by atoms with van der Waals surface area (Å²) in [6.07, 6.45) is 71.0. The van der Waals surface area contributed by atoms with Gasteiger partial charge in [-0.2, -0.15) is 0 Å². The van der Waals surface area contributed by atoms with Crippen LogP contribution in [-0.4, -0.2) is 37.2 Å². The molecule has 0 bridgehead atoms. The third-order valence-corrected chi connectivity index (χ3v) is 8.37. The molecule has 0 N–H and O–H groups in total. The second-order valence-corrected chi connectivity index (χ2v) is 13.9. The molecule has 6 nitrogen and oxygen atoms in total. The molecule has 0 aliphatic rings. The standard InChI is InChI=1S/C55H78O6/c1-4-7-10-13-16-19-21-23-25-26-27-28-30-31-33-36-39-42-45-48-54(57)60-51-52(50-59-53(56)47-44-41-38-35-18-15-12-9-6-3)61-55(58)49-46-43-40-37-34-32-29-24-22-20-17-14-11-8-5-2/h7-12,14,16-20,22-25,27-29,31-35,39,41-42,44,52H,4-6,13,15,21,26,30,36-38,40,43,45-51H2,1-3H3/b10-7-,11-8-,12-9-,17-14-,19-16-,22-20-,25-23-,28-27-,29-24-,33-31-,34-32-,35-18-,42-39-,44-41-. The summed E-state index contributed by atoms with van der Waals surface area (Å²) >= 11 is 0. The fourth-order valence-corrected chi connectivity index (χ4v) is 5.08. The Hall–Kier alpha value is -5.23. The summed E-state index contributed by atoms with van der Waals surface area (Å²) < 4.78 is 16.5. The van der Waals surface area contributed by atoms with E-state index < -0.39 is 24.0 Å². The Bertz CT molecular complexity index is 1520. The van der Waals surface area contributed by atoms with Gasteiger partial charge >= 0.3 is 17.9 Å². The summed E-state index contributed by atoms with van der Waals surface area (Å²) in [5.41, 5.74) is 0. The van der Waals surface area contributed by atoms with Crippen LogP contribution >= 0.6 is 0 Å². The van der Waals surface area contributed by atoms with E-state index in [2.05, 4.69) is 118 Å². The monoisotopic (exact) mass is 835 g/mol. The Labute approximate surface area is 371 Å². The second-order valence-electron chi connectivity index (χ2n) is 13.9. The zero-order chi connectivity index (χ0) is 44.4. The fourth-order valence-electron chi connectivity index (χ4n) is 5.08. The number of hydrogen-bond acceptors (Lipinski definition) is 6. The molecule has 0 aromatic carbocycles. The third-order valence-electron chi connectivity index (χ3n) is 8.37. The van der Waals surface area contributed by atoms with Gasteiger partial charge in [0.25, 0.3) is 0 Å². The van der Waals surface area contributed by atoms with Gasteiger partial charge in [0.15, 0.2) is 6.10 Å². The zero-order valence-corrected chi connectivity index (χ0v) is 37.8. The van der Waals surface area contributed by atoms with Gasteiger partial charge in [-0.15, -0.1) is 0 Å². The van der Waals surface area contributed by atoms with Gasteiger partial charge in [-0.1, -0.05) is 197 Å². The smallest absolute Gasteiger partial charge is 0.309 e.